The average Bonchev–Trinajstić information content (AvgIpc) is 2.75. The third-order valence-electron chi connectivity index (χ3n) is 4.64. The smallest absolute Gasteiger partial charge is 0.326 e. The largest absolute Gasteiger partial charge is 0.481 e. The molecule has 17 nitrogen and oxygen atoms in total. The van der Waals surface area contributed by atoms with Crippen LogP contribution in [0.5, 0.6) is 0 Å². The van der Waals surface area contributed by atoms with Crippen LogP contribution in [-0.2, 0) is 28.8 Å². The minimum atomic E-state index is -1.80. The highest BCUT2D eigenvalue weighted by Crippen LogP contribution is 2.05. The van der Waals surface area contributed by atoms with Gasteiger partial charge in [-0.25, -0.2) is 4.79 Å². The van der Waals surface area contributed by atoms with E-state index in [9.17, 15) is 33.9 Å². The number of aliphatic hydroxyl groups excluding tert-OH is 1. The normalized spacial score (nSPS) is 14.8. The zero-order valence-electron chi connectivity index (χ0n) is 19.5. The second kappa shape index (κ2) is 15.8. The van der Waals surface area contributed by atoms with Crippen LogP contribution >= 0.6 is 0 Å². The topological polar surface area (TPSA) is 310 Å². The number of nitrogens with zero attached hydrogens (tertiary/aromatic N) is 1. The number of carboxylic acid groups (broad SMARTS) is 3. The standard InChI is InChI=1S/C19H33N7O10/c1-8(27)14(26-15(32)9(20)4-5-12(28)29)17(34)24-10(3-2-6-23-19(21)22)16(33)25-11(18(35)36)7-13(30)31/h8-11,14,27H,2-7,20H2,1H3,(H,24,34)(H,25,33)(H,26,32)(H,28,29)(H,30,31)(H,35,36)(H4,21,22,23). The summed E-state index contributed by atoms with van der Waals surface area (Å²) >= 11 is 0. The lowest BCUT2D eigenvalue weighted by atomic mass is 10.1. The summed E-state index contributed by atoms with van der Waals surface area (Å²) < 4.78 is 0. The van der Waals surface area contributed by atoms with E-state index in [1.165, 1.54) is 0 Å². The van der Waals surface area contributed by atoms with Gasteiger partial charge in [-0.2, -0.15) is 0 Å². The minimum absolute atomic E-state index is 0.0362. The molecule has 0 bridgehead atoms. The maximum atomic E-state index is 12.8. The van der Waals surface area contributed by atoms with Crippen LogP contribution in [0.2, 0.25) is 0 Å². The van der Waals surface area contributed by atoms with Gasteiger partial charge in [0, 0.05) is 13.0 Å². The van der Waals surface area contributed by atoms with Crippen molar-refractivity contribution in [3.05, 3.63) is 0 Å². The first-order valence-corrected chi connectivity index (χ1v) is 10.7. The summed E-state index contributed by atoms with van der Waals surface area (Å²) in [5.74, 6) is -7.57. The molecule has 0 saturated carbocycles. The molecule has 17 heteroatoms. The molecule has 3 amide bonds. The lowest BCUT2D eigenvalue weighted by Gasteiger charge is -2.26. The number of carbonyl (C=O) groups excluding carboxylic acids is 3. The van der Waals surface area contributed by atoms with Crippen molar-refractivity contribution < 1.29 is 49.2 Å². The summed E-state index contributed by atoms with van der Waals surface area (Å²) in [5.41, 5.74) is 16.1. The van der Waals surface area contributed by atoms with Crippen LogP contribution in [0.1, 0.15) is 39.0 Å². The quantitative estimate of drug-likeness (QED) is 0.0493. The molecule has 0 aliphatic rings. The molecule has 0 spiro atoms. The average molecular weight is 520 g/mol. The van der Waals surface area contributed by atoms with Crippen LogP contribution in [-0.4, -0.2) is 98.8 Å². The summed E-state index contributed by atoms with van der Waals surface area (Å²) in [6, 6.07) is -6.15. The molecular formula is C19H33N7O10. The van der Waals surface area contributed by atoms with Crippen LogP contribution < -0.4 is 33.2 Å². The summed E-state index contributed by atoms with van der Waals surface area (Å²) in [7, 11) is 0. The van der Waals surface area contributed by atoms with Crippen molar-refractivity contribution in [1.82, 2.24) is 16.0 Å². The molecule has 0 aliphatic heterocycles. The van der Waals surface area contributed by atoms with Gasteiger partial charge >= 0.3 is 17.9 Å². The Labute approximate surface area is 205 Å². The monoisotopic (exact) mass is 519 g/mol. The number of aliphatic carboxylic acids is 3. The highest BCUT2D eigenvalue weighted by atomic mass is 16.4. The predicted molar refractivity (Wildman–Crippen MR) is 122 cm³/mol. The number of rotatable bonds is 17. The van der Waals surface area contributed by atoms with Crippen molar-refractivity contribution in [3.8, 4) is 0 Å². The molecule has 36 heavy (non-hydrogen) atoms. The molecule has 0 fully saturated rings. The van der Waals surface area contributed by atoms with Gasteiger partial charge in [0.15, 0.2) is 5.96 Å². The van der Waals surface area contributed by atoms with E-state index in [1.54, 1.807) is 0 Å². The second-order valence-corrected chi connectivity index (χ2v) is 7.77. The lowest BCUT2D eigenvalue weighted by Crippen LogP contribution is -2.59. The van der Waals surface area contributed by atoms with Gasteiger partial charge in [0.05, 0.1) is 18.6 Å². The number of nitrogens with two attached hydrogens (primary N) is 3. The molecule has 204 valence electrons. The first-order valence-electron chi connectivity index (χ1n) is 10.7. The molecule has 5 atom stereocenters. The summed E-state index contributed by atoms with van der Waals surface area (Å²) in [6.07, 6.45) is -3.09. The molecule has 0 heterocycles. The van der Waals surface area contributed by atoms with Gasteiger partial charge in [-0.1, -0.05) is 0 Å². The molecule has 0 aliphatic carbocycles. The summed E-state index contributed by atoms with van der Waals surface area (Å²) in [5, 5.41) is 43.1. The fraction of sp³-hybridized carbons (Fsp3) is 0.632. The van der Waals surface area contributed by atoms with E-state index < -0.39 is 78.7 Å². The van der Waals surface area contributed by atoms with E-state index in [2.05, 4.69) is 15.6 Å². The second-order valence-electron chi connectivity index (χ2n) is 7.77. The van der Waals surface area contributed by atoms with Crippen molar-refractivity contribution in [3.63, 3.8) is 0 Å². The van der Waals surface area contributed by atoms with Gasteiger partial charge in [-0.3, -0.25) is 29.0 Å². The molecule has 0 aromatic rings. The number of nitrogens with one attached hydrogen (secondary N) is 3. The molecule has 13 N–H and O–H groups in total. The van der Waals surface area contributed by atoms with E-state index >= 15 is 0 Å². The third-order valence-corrected chi connectivity index (χ3v) is 4.64. The summed E-state index contributed by atoms with van der Waals surface area (Å²) in [4.78, 5) is 74.2. The van der Waals surface area contributed by atoms with Crippen molar-refractivity contribution in [2.24, 2.45) is 22.2 Å². The van der Waals surface area contributed by atoms with Crippen molar-refractivity contribution in [1.29, 1.82) is 0 Å². The first-order chi connectivity index (χ1) is 16.6. The Morgan fingerprint density at radius 3 is 1.89 bits per heavy atom. The Bertz CT molecular complexity index is 844. The minimum Gasteiger partial charge on any atom is -0.481 e. The van der Waals surface area contributed by atoms with Crippen molar-refractivity contribution in [2.75, 3.05) is 6.54 Å². The molecule has 0 radical (unpaired) electrons. The van der Waals surface area contributed by atoms with Gasteiger partial charge < -0.3 is 53.6 Å². The first kappa shape index (κ1) is 32.0. The van der Waals surface area contributed by atoms with Crippen LogP contribution in [0.25, 0.3) is 0 Å². The van der Waals surface area contributed by atoms with Gasteiger partial charge in [0.1, 0.15) is 18.1 Å². The van der Waals surface area contributed by atoms with E-state index in [4.69, 9.17) is 32.5 Å². The van der Waals surface area contributed by atoms with Crippen LogP contribution in [0.4, 0.5) is 0 Å². The lowest BCUT2D eigenvalue weighted by molar-refractivity contribution is -0.147. The van der Waals surface area contributed by atoms with Gasteiger partial charge in [0.25, 0.3) is 0 Å². The Hall–Kier alpha value is -3.99. The van der Waals surface area contributed by atoms with E-state index in [0.29, 0.717) is 0 Å². The Morgan fingerprint density at radius 1 is 0.833 bits per heavy atom. The number of amides is 3. The Kier molecular flexibility index (Phi) is 14.1. The van der Waals surface area contributed by atoms with Crippen LogP contribution in [0.15, 0.2) is 4.99 Å². The van der Waals surface area contributed by atoms with Crippen LogP contribution in [0.3, 0.4) is 0 Å². The molecule has 0 rings (SSSR count). The molecular weight excluding hydrogens is 486 g/mol. The zero-order chi connectivity index (χ0) is 28.0. The zero-order valence-corrected chi connectivity index (χ0v) is 19.5. The SMILES string of the molecule is CC(O)C(NC(=O)C(N)CCC(=O)O)C(=O)NC(CCCN=C(N)N)C(=O)NC(CC(=O)O)C(=O)O. The number of carbonyl (C=O) groups is 6. The number of hydrogen-bond donors (Lipinski definition) is 10. The van der Waals surface area contributed by atoms with Gasteiger partial charge in [-0.05, 0) is 26.2 Å². The van der Waals surface area contributed by atoms with Gasteiger partial charge in [-0.15, -0.1) is 0 Å². The maximum Gasteiger partial charge on any atom is 0.326 e. The van der Waals surface area contributed by atoms with Gasteiger partial charge in [0.2, 0.25) is 17.7 Å². The molecule has 0 saturated heterocycles. The number of guanidine groups is 1. The Morgan fingerprint density at radius 2 is 1.42 bits per heavy atom. The maximum absolute atomic E-state index is 12.8. The number of hydrogen-bond acceptors (Lipinski definition) is 9. The fourth-order valence-electron chi connectivity index (χ4n) is 2.76. The summed E-state index contributed by atoms with van der Waals surface area (Å²) in [6.45, 7) is 1.20. The molecule has 0 aromatic carbocycles. The van der Waals surface area contributed by atoms with E-state index in [0.717, 1.165) is 6.92 Å². The van der Waals surface area contributed by atoms with Crippen LogP contribution in [0, 0.1) is 0 Å². The molecule has 5 unspecified atom stereocenters. The number of aliphatic imine (C=N–C) groups is 1. The Balaban J connectivity index is 5.56. The van der Waals surface area contributed by atoms with E-state index in [-0.39, 0.29) is 31.8 Å². The van der Waals surface area contributed by atoms with Crippen molar-refractivity contribution in [2.45, 2.75) is 69.3 Å². The predicted octanol–water partition coefficient (Wildman–Crippen LogP) is -4.37. The molecule has 0 aromatic heterocycles. The number of aliphatic hydroxyl groups is 1. The number of carboxylic acids is 3. The van der Waals surface area contributed by atoms with Crippen molar-refractivity contribution >= 4 is 41.6 Å². The fourth-order valence-corrected chi connectivity index (χ4v) is 2.76. The highest BCUT2D eigenvalue weighted by molar-refractivity contribution is 5.95. The third kappa shape index (κ3) is 13.0. The highest BCUT2D eigenvalue weighted by Gasteiger charge is 2.32. The van der Waals surface area contributed by atoms with E-state index in [1.807, 2.05) is 5.32 Å².